The highest BCUT2D eigenvalue weighted by Crippen LogP contribution is 2.08. The van der Waals surface area contributed by atoms with Gasteiger partial charge in [-0.15, -0.1) is 0 Å². The Kier molecular flexibility index (Phi) is 12.9. The van der Waals surface area contributed by atoms with E-state index in [9.17, 15) is 20.4 Å². The van der Waals surface area contributed by atoms with Gasteiger partial charge in [-0.3, -0.25) is 0 Å². The highest BCUT2D eigenvalue weighted by Gasteiger charge is 2.29. The molecule has 0 spiro atoms. The number of nitrogens with one attached hydrogen (secondary N) is 1. The molecular weight excluding hydrogens is 286 g/mol. The molecule has 6 heteroatoms. The van der Waals surface area contributed by atoms with E-state index in [1.54, 1.807) is 0 Å². The smallest absolute Gasteiger partial charge is 0.111 e. The zero-order chi connectivity index (χ0) is 17.5. The first-order valence-corrected chi connectivity index (χ1v) is 8.37. The molecule has 0 aliphatic rings. The van der Waals surface area contributed by atoms with Crippen molar-refractivity contribution in [2.75, 3.05) is 19.7 Å². The van der Waals surface area contributed by atoms with E-state index in [0.717, 1.165) is 32.2 Å². The molecule has 0 aromatic heterocycles. The van der Waals surface area contributed by atoms with Crippen LogP contribution in [0.1, 0.15) is 59.6 Å². The summed E-state index contributed by atoms with van der Waals surface area (Å²) in [6.07, 6.45) is 3.37. The van der Waals surface area contributed by atoms with Crippen molar-refractivity contribution < 1.29 is 26.9 Å². The van der Waals surface area contributed by atoms with E-state index in [2.05, 4.69) is 5.32 Å². The van der Waals surface area contributed by atoms with Crippen LogP contribution < -0.4 is 5.32 Å². The van der Waals surface area contributed by atoms with Crippen molar-refractivity contribution in [1.82, 2.24) is 5.32 Å². The highest BCUT2D eigenvalue weighted by molar-refractivity contribution is 4.81. The summed E-state index contributed by atoms with van der Waals surface area (Å²) in [6, 6.07) is 0. The summed E-state index contributed by atoms with van der Waals surface area (Å²) in [5.41, 5.74) is 0. The van der Waals surface area contributed by atoms with Gasteiger partial charge in [-0.25, -0.2) is 0 Å². The van der Waals surface area contributed by atoms with Crippen molar-refractivity contribution in [3.8, 4) is 0 Å². The second-order valence-electron chi connectivity index (χ2n) is 5.83. The second-order valence-corrected chi connectivity index (χ2v) is 5.83. The Morgan fingerprint density at radius 1 is 0.818 bits per heavy atom. The van der Waals surface area contributed by atoms with Crippen molar-refractivity contribution in [2.45, 2.75) is 82.7 Å². The Bertz CT molecular complexity index is 261. The molecule has 0 aromatic carbocycles. The minimum Gasteiger partial charge on any atom is -0.394 e. The predicted octanol–water partition coefficient (Wildman–Crippen LogP) is 0.153. The molecule has 0 amide bonds. The van der Waals surface area contributed by atoms with Crippen LogP contribution in [0.3, 0.4) is 0 Å². The molecule has 22 heavy (non-hydrogen) atoms. The maximum atomic E-state index is 9.70. The van der Waals surface area contributed by atoms with Gasteiger partial charge >= 0.3 is 0 Å². The van der Waals surface area contributed by atoms with Crippen LogP contribution in [0.5, 0.6) is 0 Å². The Hall–Kier alpha value is -0.240. The van der Waals surface area contributed by atoms with Crippen LogP contribution in [0.15, 0.2) is 0 Å². The molecule has 0 rings (SSSR count). The lowest BCUT2D eigenvalue weighted by Gasteiger charge is -2.25. The number of rotatable bonds is 15. The minimum atomic E-state index is -1.56. The number of hydrogen-bond acceptors (Lipinski definition) is 6. The number of hydrogen-bond donors (Lipinski definition) is 6. The van der Waals surface area contributed by atoms with E-state index in [-0.39, 0.29) is 6.54 Å². The third-order valence-corrected chi connectivity index (χ3v) is 3.78. The molecule has 0 bridgehead atoms. The van der Waals surface area contributed by atoms with E-state index in [0.29, 0.717) is 6.90 Å². The average molecular weight is 322 g/mol. The monoisotopic (exact) mass is 322 g/mol. The van der Waals surface area contributed by atoms with Crippen molar-refractivity contribution in [3.63, 3.8) is 0 Å². The molecule has 0 aromatic rings. The van der Waals surface area contributed by atoms with Crippen LogP contribution in [0.4, 0.5) is 0 Å². The van der Waals surface area contributed by atoms with Crippen LogP contribution in [0.25, 0.3) is 0 Å². The Balaban J connectivity index is 3.46. The van der Waals surface area contributed by atoms with E-state index >= 15 is 0 Å². The Morgan fingerprint density at radius 2 is 1.36 bits per heavy atom. The second kappa shape index (κ2) is 14.4. The first-order chi connectivity index (χ1) is 11.0. The first-order valence-electron chi connectivity index (χ1n) is 9.08. The summed E-state index contributed by atoms with van der Waals surface area (Å²) in [5, 5.41) is 49.7. The fourth-order valence-corrected chi connectivity index (χ4v) is 2.24. The quantitative estimate of drug-likeness (QED) is 0.239. The van der Waals surface area contributed by atoms with E-state index < -0.39 is 31.0 Å². The number of aliphatic hydroxyl groups excluding tert-OH is 5. The molecule has 0 aliphatic heterocycles. The SMILES string of the molecule is [2H]CCCCCCCCCCNC[C@H](O)[C@@H](O)[C@H](O)[C@H](O)CO. The molecule has 6 nitrogen and oxygen atoms in total. The van der Waals surface area contributed by atoms with E-state index in [4.69, 9.17) is 6.48 Å². The Morgan fingerprint density at radius 3 is 1.95 bits per heavy atom. The third-order valence-electron chi connectivity index (χ3n) is 3.78. The maximum Gasteiger partial charge on any atom is 0.111 e. The zero-order valence-electron chi connectivity index (χ0n) is 14.5. The molecule has 0 saturated heterocycles. The van der Waals surface area contributed by atoms with Gasteiger partial charge in [0.15, 0.2) is 0 Å². The summed E-state index contributed by atoms with van der Waals surface area (Å²) in [7, 11) is 0. The average Bonchev–Trinajstić information content (AvgIpc) is 2.57. The van der Waals surface area contributed by atoms with Gasteiger partial charge in [0.05, 0.1) is 12.7 Å². The van der Waals surface area contributed by atoms with Crippen molar-refractivity contribution in [2.24, 2.45) is 0 Å². The van der Waals surface area contributed by atoms with Gasteiger partial charge in [0.25, 0.3) is 0 Å². The molecule has 0 aliphatic carbocycles. The minimum absolute atomic E-state index is 0.128. The zero-order valence-corrected chi connectivity index (χ0v) is 13.5. The molecule has 0 unspecified atom stereocenters. The third kappa shape index (κ3) is 10.5. The van der Waals surface area contributed by atoms with Crippen LogP contribution in [0.2, 0.25) is 0 Å². The molecule has 134 valence electrons. The van der Waals surface area contributed by atoms with Gasteiger partial charge in [-0.1, -0.05) is 51.8 Å². The van der Waals surface area contributed by atoms with Crippen LogP contribution in [0, 0.1) is 0 Å². The van der Waals surface area contributed by atoms with Gasteiger partial charge in [0.2, 0.25) is 0 Å². The summed E-state index contributed by atoms with van der Waals surface area (Å²) in [5.74, 6) is 0. The molecular formula is C16H35NO5. The summed E-state index contributed by atoms with van der Waals surface area (Å²) in [6.45, 7) is 0.717. The lowest BCUT2D eigenvalue weighted by Crippen LogP contribution is -2.49. The molecule has 0 radical (unpaired) electrons. The lowest BCUT2D eigenvalue weighted by atomic mass is 10.0. The predicted molar refractivity (Wildman–Crippen MR) is 86.6 cm³/mol. The standard InChI is InChI=1S/C16H35NO5/c1-2-3-4-5-6-7-8-9-10-17-11-13(19)15(21)16(22)14(20)12-18/h13-22H,2-12H2,1H3/t13-,14+,15+,16+/m0/s1/i1D. The van der Waals surface area contributed by atoms with Crippen molar-refractivity contribution >= 4 is 0 Å². The van der Waals surface area contributed by atoms with Gasteiger partial charge in [0.1, 0.15) is 18.3 Å². The largest absolute Gasteiger partial charge is 0.394 e. The van der Waals surface area contributed by atoms with Gasteiger partial charge < -0.3 is 30.8 Å². The molecule has 6 N–H and O–H groups in total. The maximum absolute atomic E-state index is 9.70. The van der Waals surface area contributed by atoms with Crippen molar-refractivity contribution in [3.05, 3.63) is 0 Å². The van der Waals surface area contributed by atoms with E-state index in [1.807, 2.05) is 0 Å². The first kappa shape index (κ1) is 19.8. The summed E-state index contributed by atoms with van der Waals surface area (Å²) >= 11 is 0. The molecule has 4 atom stereocenters. The fraction of sp³-hybridized carbons (Fsp3) is 1.00. The van der Waals surface area contributed by atoms with Crippen LogP contribution in [-0.4, -0.2) is 69.6 Å². The lowest BCUT2D eigenvalue weighted by molar-refractivity contribution is -0.113. The molecule has 0 fully saturated rings. The van der Waals surface area contributed by atoms with Crippen molar-refractivity contribution in [1.29, 1.82) is 0 Å². The summed E-state index contributed by atoms with van der Waals surface area (Å²) < 4.78 is 7.05. The van der Waals surface area contributed by atoms with Crippen LogP contribution >= 0.6 is 0 Å². The molecule has 0 heterocycles. The van der Waals surface area contributed by atoms with E-state index in [1.165, 1.54) is 25.7 Å². The number of unbranched alkanes of at least 4 members (excludes halogenated alkanes) is 7. The molecule has 0 saturated carbocycles. The van der Waals surface area contributed by atoms with Crippen LogP contribution in [-0.2, 0) is 0 Å². The van der Waals surface area contributed by atoms with Gasteiger partial charge in [-0.05, 0) is 13.0 Å². The van der Waals surface area contributed by atoms with Gasteiger partial charge in [-0.2, -0.15) is 0 Å². The topological polar surface area (TPSA) is 113 Å². The summed E-state index contributed by atoms with van der Waals surface area (Å²) in [4.78, 5) is 0. The number of aliphatic hydroxyl groups is 5. The normalized spacial score (nSPS) is 17.8. The fourth-order valence-electron chi connectivity index (χ4n) is 2.24. The Labute approximate surface area is 135 Å². The van der Waals surface area contributed by atoms with Gasteiger partial charge in [0, 0.05) is 7.92 Å². The highest BCUT2D eigenvalue weighted by atomic mass is 16.4.